The predicted molar refractivity (Wildman–Crippen MR) is 124 cm³/mol. The van der Waals surface area contributed by atoms with Crippen LogP contribution in [0.5, 0.6) is 0 Å². The lowest BCUT2D eigenvalue weighted by molar-refractivity contribution is -0.137. The van der Waals surface area contributed by atoms with Crippen LogP contribution in [-0.2, 0) is 21.0 Å². The number of halogens is 4. The Morgan fingerprint density at radius 2 is 1.63 bits per heavy atom. The molecule has 0 unspecified atom stereocenters. The average molecular weight is 508 g/mol. The van der Waals surface area contributed by atoms with Crippen molar-refractivity contribution in [3.8, 4) is 0 Å². The van der Waals surface area contributed by atoms with Crippen molar-refractivity contribution in [3.05, 3.63) is 95.3 Å². The van der Waals surface area contributed by atoms with Crippen molar-refractivity contribution in [3.63, 3.8) is 0 Å². The van der Waals surface area contributed by atoms with Gasteiger partial charge in [-0.2, -0.15) is 18.3 Å². The van der Waals surface area contributed by atoms with Gasteiger partial charge in [-0.15, -0.1) is 0 Å². The maximum atomic E-state index is 13.3. The first-order valence-corrected chi connectivity index (χ1v) is 11.7. The Labute approximate surface area is 199 Å². The molecule has 0 bridgehead atoms. The van der Waals surface area contributed by atoms with Crippen molar-refractivity contribution >= 4 is 27.3 Å². The lowest BCUT2D eigenvalue weighted by Crippen LogP contribution is -2.40. The molecule has 0 aromatic heterocycles. The molecule has 0 aliphatic rings. The van der Waals surface area contributed by atoms with E-state index in [-0.39, 0.29) is 10.6 Å². The van der Waals surface area contributed by atoms with Gasteiger partial charge in [0.1, 0.15) is 12.4 Å². The molecule has 3 rings (SSSR count). The number of rotatable bonds is 7. The van der Waals surface area contributed by atoms with Gasteiger partial charge >= 0.3 is 6.18 Å². The minimum atomic E-state index is -4.71. The Hall–Kier alpha value is -3.73. The summed E-state index contributed by atoms with van der Waals surface area (Å²) in [5.41, 5.74) is 2.39. The smallest absolute Gasteiger partial charge is 0.271 e. The van der Waals surface area contributed by atoms with Crippen LogP contribution in [0.2, 0.25) is 0 Å². The number of aryl methyl sites for hydroxylation is 1. The summed E-state index contributed by atoms with van der Waals surface area (Å²) in [6.45, 7) is 2.45. The van der Waals surface area contributed by atoms with Gasteiger partial charge in [-0.3, -0.25) is 9.10 Å². The second-order valence-electron chi connectivity index (χ2n) is 7.61. The van der Waals surface area contributed by atoms with Gasteiger partial charge in [0.05, 0.1) is 21.9 Å². The summed E-state index contributed by atoms with van der Waals surface area (Å²) < 4.78 is 80.1. The summed E-state index contributed by atoms with van der Waals surface area (Å²) in [5, 5.41) is 3.89. The van der Waals surface area contributed by atoms with Gasteiger partial charge in [0, 0.05) is 0 Å². The summed E-state index contributed by atoms with van der Waals surface area (Å²) in [6, 6.07) is 14.7. The number of hydrazone groups is 1. The molecule has 0 heterocycles. The van der Waals surface area contributed by atoms with Gasteiger partial charge in [0.15, 0.2) is 0 Å². The lowest BCUT2D eigenvalue weighted by Gasteiger charge is -2.24. The Balaban J connectivity index is 1.94. The zero-order valence-electron chi connectivity index (χ0n) is 18.7. The van der Waals surface area contributed by atoms with Crippen LogP contribution in [0.25, 0.3) is 0 Å². The number of nitrogens with one attached hydrogen (secondary N) is 1. The zero-order chi connectivity index (χ0) is 25.8. The molecular formula is C24H21F4N3O3S. The van der Waals surface area contributed by atoms with Gasteiger partial charge in [-0.25, -0.2) is 18.2 Å². The number of sulfonamides is 1. The van der Waals surface area contributed by atoms with Crippen LogP contribution in [0.1, 0.15) is 23.6 Å². The minimum Gasteiger partial charge on any atom is -0.271 e. The molecule has 35 heavy (non-hydrogen) atoms. The maximum absolute atomic E-state index is 13.3. The summed E-state index contributed by atoms with van der Waals surface area (Å²) >= 11 is 0. The van der Waals surface area contributed by atoms with E-state index in [1.165, 1.54) is 54.6 Å². The van der Waals surface area contributed by atoms with Crippen LogP contribution in [0.3, 0.4) is 0 Å². The number of hydrogen-bond donors (Lipinski definition) is 1. The van der Waals surface area contributed by atoms with E-state index in [0.717, 1.165) is 17.7 Å². The van der Waals surface area contributed by atoms with Crippen molar-refractivity contribution in [2.75, 3.05) is 10.8 Å². The van der Waals surface area contributed by atoms with Crippen LogP contribution in [0.15, 0.2) is 82.8 Å². The van der Waals surface area contributed by atoms with E-state index in [1.807, 2.05) is 0 Å². The normalized spacial score (nSPS) is 12.3. The lowest BCUT2D eigenvalue weighted by atomic mass is 10.1. The molecule has 1 N–H and O–H groups in total. The largest absolute Gasteiger partial charge is 0.416 e. The van der Waals surface area contributed by atoms with Gasteiger partial charge < -0.3 is 0 Å². The molecule has 3 aromatic carbocycles. The fraction of sp³-hybridized carbons (Fsp3) is 0.167. The number of benzene rings is 3. The summed E-state index contributed by atoms with van der Waals surface area (Å²) in [6.07, 6.45) is -4.71. The summed E-state index contributed by atoms with van der Waals surface area (Å²) in [4.78, 5) is 12.4. The van der Waals surface area contributed by atoms with Crippen LogP contribution in [0, 0.1) is 12.7 Å². The van der Waals surface area contributed by atoms with Crippen molar-refractivity contribution in [2.45, 2.75) is 24.9 Å². The first-order valence-electron chi connectivity index (χ1n) is 10.2. The SMILES string of the molecule is C/C(=N/NC(=O)CN(c1cccc(C(F)(F)F)c1)S(=O)(=O)c1ccc(C)cc1)c1ccc(F)cc1. The van der Waals surface area contributed by atoms with Crippen molar-refractivity contribution in [1.82, 2.24) is 5.43 Å². The third-order valence-electron chi connectivity index (χ3n) is 4.97. The molecule has 0 radical (unpaired) electrons. The number of carbonyl (C=O) groups excluding carboxylic acids is 1. The highest BCUT2D eigenvalue weighted by Gasteiger charge is 2.33. The highest BCUT2D eigenvalue weighted by atomic mass is 32.2. The molecule has 11 heteroatoms. The van der Waals surface area contributed by atoms with E-state index in [0.29, 0.717) is 21.6 Å². The molecule has 0 saturated carbocycles. The van der Waals surface area contributed by atoms with Crippen molar-refractivity contribution < 1.29 is 30.8 Å². The van der Waals surface area contributed by atoms with Gasteiger partial charge in [-0.1, -0.05) is 35.9 Å². The Bertz CT molecular complexity index is 1340. The molecule has 6 nitrogen and oxygen atoms in total. The number of amides is 1. The topological polar surface area (TPSA) is 78.8 Å². The standard InChI is InChI=1S/C24H21F4N3O3S/c1-16-6-12-22(13-7-16)35(33,34)31(21-5-3-4-19(14-21)24(26,27)28)15-23(32)30-29-17(2)18-8-10-20(25)11-9-18/h3-14H,15H2,1-2H3,(H,30,32)/b29-17-. The highest BCUT2D eigenvalue weighted by molar-refractivity contribution is 7.92. The molecule has 0 atom stereocenters. The van der Waals surface area contributed by atoms with E-state index in [9.17, 15) is 30.8 Å². The molecule has 0 spiro atoms. The fourth-order valence-electron chi connectivity index (χ4n) is 3.06. The average Bonchev–Trinajstić information content (AvgIpc) is 2.81. The Morgan fingerprint density at radius 3 is 2.23 bits per heavy atom. The molecule has 0 aliphatic carbocycles. The van der Waals surface area contributed by atoms with Crippen molar-refractivity contribution in [2.24, 2.45) is 5.10 Å². The number of carbonyl (C=O) groups is 1. The van der Waals surface area contributed by atoms with Gasteiger partial charge in [-0.05, 0) is 61.9 Å². The summed E-state index contributed by atoms with van der Waals surface area (Å²) in [5.74, 6) is -1.34. The third kappa shape index (κ3) is 6.44. The maximum Gasteiger partial charge on any atom is 0.416 e. The van der Waals surface area contributed by atoms with Crippen LogP contribution < -0.4 is 9.73 Å². The van der Waals surface area contributed by atoms with E-state index in [4.69, 9.17) is 0 Å². The third-order valence-corrected chi connectivity index (χ3v) is 6.76. The molecule has 0 aliphatic heterocycles. The van der Waals surface area contributed by atoms with Crippen LogP contribution in [0.4, 0.5) is 23.2 Å². The van der Waals surface area contributed by atoms with Crippen LogP contribution >= 0.6 is 0 Å². The number of hydrogen-bond acceptors (Lipinski definition) is 4. The second-order valence-corrected chi connectivity index (χ2v) is 9.47. The van der Waals surface area contributed by atoms with E-state index < -0.39 is 40.0 Å². The minimum absolute atomic E-state index is 0.195. The highest BCUT2D eigenvalue weighted by Crippen LogP contribution is 2.33. The van der Waals surface area contributed by atoms with Gasteiger partial charge in [0.25, 0.3) is 15.9 Å². The quantitative estimate of drug-likeness (QED) is 0.281. The molecule has 0 fully saturated rings. The summed E-state index contributed by atoms with van der Waals surface area (Å²) in [7, 11) is -4.41. The Kier molecular flexibility index (Phi) is 7.59. The fourth-order valence-corrected chi connectivity index (χ4v) is 4.47. The molecule has 184 valence electrons. The number of alkyl halides is 3. The van der Waals surface area contributed by atoms with E-state index in [1.54, 1.807) is 13.8 Å². The molecule has 3 aromatic rings. The van der Waals surface area contributed by atoms with Crippen molar-refractivity contribution in [1.29, 1.82) is 0 Å². The number of anilines is 1. The molecular weight excluding hydrogens is 486 g/mol. The molecule has 1 amide bonds. The predicted octanol–water partition coefficient (Wildman–Crippen LogP) is 4.89. The Morgan fingerprint density at radius 1 is 1.00 bits per heavy atom. The first kappa shape index (κ1) is 25.9. The first-order chi connectivity index (χ1) is 16.4. The monoisotopic (exact) mass is 507 g/mol. The number of nitrogens with zero attached hydrogens (tertiary/aromatic N) is 2. The van der Waals surface area contributed by atoms with Crippen LogP contribution in [-0.4, -0.2) is 26.6 Å². The van der Waals surface area contributed by atoms with Gasteiger partial charge in [0.2, 0.25) is 0 Å². The zero-order valence-corrected chi connectivity index (χ0v) is 19.5. The van der Waals surface area contributed by atoms with E-state index in [2.05, 4.69) is 10.5 Å². The van der Waals surface area contributed by atoms with E-state index >= 15 is 0 Å². The molecule has 0 saturated heterocycles. The second kappa shape index (κ2) is 10.3.